The largest absolute Gasteiger partial charge is 0.495 e. The average Bonchev–Trinajstić information content (AvgIpc) is 2.97. The quantitative estimate of drug-likeness (QED) is 0.721. The molecule has 0 fully saturated rings. The number of nitrogens with one attached hydrogen (secondary N) is 1. The van der Waals surface area contributed by atoms with Crippen LogP contribution in [0.4, 0.5) is 16.5 Å². The van der Waals surface area contributed by atoms with E-state index >= 15 is 0 Å². The molecule has 2 heterocycles. The van der Waals surface area contributed by atoms with Gasteiger partial charge in [-0.25, -0.2) is 4.98 Å². The van der Waals surface area contributed by atoms with Gasteiger partial charge in [-0.3, -0.25) is 4.98 Å². The maximum atomic E-state index is 5.89. The van der Waals surface area contributed by atoms with E-state index in [4.69, 9.17) is 10.5 Å². The summed E-state index contributed by atoms with van der Waals surface area (Å²) >= 11 is 1.54. The smallest absolute Gasteiger partial charge is 0.187 e. The molecule has 0 spiro atoms. The molecule has 3 rings (SSSR count). The third-order valence-electron chi connectivity index (χ3n) is 2.96. The second kappa shape index (κ2) is 5.80. The SMILES string of the molecule is COc1ccc(Nc2nc(-c3ccncc3)cs2)cc1N. The molecule has 0 saturated heterocycles. The maximum absolute atomic E-state index is 5.89. The fraction of sp³-hybridized carbons (Fsp3) is 0.0667. The summed E-state index contributed by atoms with van der Waals surface area (Å²) in [7, 11) is 1.60. The van der Waals surface area contributed by atoms with E-state index in [0.717, 1.165) is 22.1 Å². The van der Waals surface area contributed by atoms with E-state index in [2.05, 4.69) is 15.3 Å². The number of methoxy groups -OCH3 is 1. The lowest BCUT2D eigenvalue weighted by atomic mass is 10.2. The average molecular weight is 298 g/mol. The minimum atomic E-state index is 0.591. The van der Waals surface area contributed by atoms with Gasteiger partial charge in [-0.2, -0.15) is 0 Å². The molecule has 0 bridgehead atoms. The van der Waals surface area contributed by atoms with E-state index in [0.29, 0.717) is 11.4 Å². The van der Waals surface area contributed by atoms with Gasteiger partial charge < -0.3 is 15.8 Å². The molecule has 21 heavy (non-hydrogen) atoms. The third kappa shape index (κ3) is 2.95. The topological polar surface area (TPSA) is 73.1 Å². The van der Waals surface area contributed by atoms with Crippen molar-refractivity contribution in [3.63, 3.8) is 0 Å². The van der Waals surface area contributed by atoms with Crippen molar-refractivity contribution in [2.45, 2.75) is 0 Å². The molecule has 0 aliphatic heterocycles. The lowest BCUT2D eigenvalue weighted by Gasteiger charge is -2.07. The predicted octanol–water partition coefficient (Wildman–Crippen LogP) is 3.54. The molecule has 6 heteroatoms. The van der Waals surface area contributed by atoms with Crippen molar-refractivity contribution in [2.24, 2.45) is 0 Å². The Labute approximate surface area is 126 Å². The van der Waals surface area contributed by atoms with Gasteiger partial charge in [-0.05, 0) is 30.3 Å². The molecule has 0 aliphatic carbocycles. The van der Waals surface area contributed by atoms with Gasteiger partial charge >= 0.3 is 0 Å². The molecular weight excluding hydrogens is 284 g/mol. The second-order valence-corrected chi connectivity index (χ2v) is 5.21. The van der Waals surface area contributed by atoms with Crippen molar-refractivity contribution < 1.29 is 4.74 Å². The number of ether oxygens (including phenoxy) is 1. The van der Waals surface area contributed by atoms with Crippen LogP contribution in [0.5, 0.6) is 5.75 Å². The number of aromatic nitrogens is 2. The first-order chi connectivity index (χ1) is 10.3. The van der Waals surface area contributed by atoms with Crippen LogP contribution < -0.4 is 15.8 Å². The highest BCUT2D eigenvalue weighted by molar-refractivity contribution is 7.14. The first-order valence-corrected chi connectivity index (χ1v) is 7.20. The zero-order valence-corrected chi connectivity index (χ0v) is 12.2. The Bertz CT molecular complexity index is 742. The number of hydrogen-bond donors (Lipinski definition) is 2. The van der Waals surface area contributed by atoms with Crippen LogP contribution in [0.15, 0.2) is 48.1 Å². The molecular formula is C15H14N4OS. The second-order valence-electron chi connectivity index (χ2n) is 4.36. The summed E-state index contributed by atoms with van der Waals surface area (Å²) in [6.07, 6.45) is 3.51. The molecule has 5 nitrogen and oxygen atoms in total. The summed E-state index contributed by atoms with van der Waals surface area (Å²) in [5.41, 5.74) is 9.33. The number of pyridine rings is 1. The van der Waals surface area contributed by atoms with Crippen LogP contribution in [0.3, 0.4) is 0 Å². The van der Waals surface area contributed by atoms with Crippen molar-refractivity contribution in [1.29, 1.82) is 0 Å². The summed E-state index contributed by atoms with van der Waals surface area (Å²) in [6, 6.07) is 9.43. The minimum absolute atomic E-state index is 0.591. The van der Waals surface area contributed by atoms with Gasteiger partial charge in [0.2, 0.25) is 0 Å². The van der Waals surface area contributed by atoms with Crippen LogP contribution in [-0.2, 0) is 0 Å². The highest BCUT2D eigenvalue weighted by atomic mass is 32.1. The van der Waals surface area contributed by atoms with E-state index in [1.54, 1.807) is 30.8 Å². The molecule has 0 radical (unpaired) electrons. The van der Waals surface area contributed by atoms with Crippen molar-refractivity contribution in [3.8, 4) is 17.0 Å². The van der Waals surface area contributed by atoms with E-state index in [9.17, 15) is 0 Å². The van der Waals surface area contributed by atoms with E-state index < -0.39 is 0 Å². The van der Waals surface area contributed by atoms with Crippen LogP contribution in [-0.4, -0.2) is 17.1 Å². The number of anilines is 3. The summed E-state index contributed by atoms with van der Waals surface area (Å²) in [4.78, 5) is 8.56. The van der Waals surface area contributed by atoms with E-state index in [1.807, 2.05) is 35.7 Å². The number of thiazole rings is 1. The van der Waals surface area contributed by atoms with Gasteiger partial charge in [0.15, 0.2) is 5.13 Å². The van der Waals surface area contributed by atoms with Gasteiger partial charge in [0.05, 0.1) is 18.5 Å². The molecule has 0 atom stereocenters. The Morgan fingerprint density at radius 2 is 2.00 bits per heavy atom. The highest BCUT2D eigenvalue weighted by Crippen LogP contribution is 2.29. The summed E-state index contributed by atoms with van der Waals surface area (Å²) in [5, 5.41) is 6.06. The minimum Gasteiger partial charge on any atom is -0.495 e. The Kier molecular flexibility index (Phi) is 3.70. The van der Waals surface area contributed by atoms with Gasteiger partial charge in [0.1, 0.15) is 5.75 Å². The fourth-order valence-electron chi connectivity index (χ4n) is 1.92. The summed E-state index contributed by atoms with van der Waals surface area (Å²) in [5.74, 6) is 0.664. The highest BCUT2D eigenvalue weighted by Gasteiger charge is 2.06. The van der Waals surface area contributed by atoms with Crippen molar-refractivity contribution >= 4 is 27.8 Å². The molecule has 106 valence electrons. The number of nitrogen functional groups attached to an aromatic ring is 1. The van der Waals surface area contributed by atoms with Gasteiger partial charge in [-0.1, -0.05) is 0 Å². The molecule has 0 saturated carbocycles. The van der Waals surface area contributed by atoms with Gasteiger partial charge in [0, 0.05) is 29.0 Å². The molecule has 1 aromatic carbocycles. The predicted molar refractivity (Wildman–Crippen MR) is 86.0 cm³/mol. The molecule has 0 unspecified atom stereocenters. The van der Waals surface area contributed by atoms with Crippen LogP contribution in [0.25, 0.3) is 11.3 Å². The normalized spacial score (nSPS) is 10.3. The fourth-order valence-corrected chi connectivity index (χ4v) is 2.66. The van der Waals surface area contributed by atoms with Crippen LogP contribution in [0.1, 0.15) is 0 Å². The number of rotatable bonds is 4. The van der Waals surface area contributed by atoms with Crippen LogP contribution in [0, 0.1) is 0 Å². The van der Waals surface area contributed by atoms with Crippen molar-refractivity contribution in [2.75, 3.05) is 18.2 Å². The Morgan fingerprint density at radius 1 is 1.19 bits per heavy atom. The molecule has 2 aromatic heterocycles. The van der Waals surface area contributed by atoms with E-state index in [-0.39, 0.29) is 0 Å². The van der Waals surface area contributed by atoms with Crippen LogP contribution >= 0.6 is 11.3 Å². The van der Waals surface area contributed by atoms with Gasteiger partial charge in [-0.15, -0.1) is 11.3 Å². The van der Waals surface area contributed by atoms with E-state index in [1.165, 1.54) is 0 Å². The monoisotopic (exact) mass is 298 g/mol. The lowest BCUT2D eigenvalue weighted by Crippen LogP contribution is -1.95. The summed E-state index contributed by atoms with van der Waals surface area (Å²) < 4.78 is 5.14. The molecule has 0 aliphatic rings. The van der Waals surface area contributed by atoms with Crippen LogP contribution in [0.2, 0.25) is 0 Å². The maximum Gasteiger partial charge on any atom is 0.187 e. The molecule has 3 aromatic rings. The molecule has 0 amide bonds. The molecule has 3 N–H and O–H groups in total. The van der Waals surface area contributed by atoms with Gasteiger partial charge in [0.25, 0.3) is 0 Å². The first-order valence-electron chi connectivity index (χ1n) is 6.33. The number of nitrogens with two attached hydrogens (primary N) is 1. The Hall–Kier alpha value is -2.60. The van der Waals surface area contributed by atoms with Crippen molar-refractivity contribution in [3.05, 3.63) is 48.1 Å². The van der Waals surface area contributed by atoms with Crippen molar-refractivity contribution in [1.82, 2.24) is 9.97 Å². The third-order valence-corrected chi connectivity index (χ3v) is 3.72. The Morgan fingerprint density at radius 3 is 2.71 bits per heavy atom. The zero-order valence-electron chi connectivity index (χ0n) is 11.4. The number of benzene rings is 1. The summed E-state index contributed by atoms with van der Waals surface area (Å²) in [6.45, 7) is 0. The standard InChI is InChI=1S/C15H14N4OS/c1-20-14-3-2-11(8-12(14)16)18-15-19-13(9-21-15)10-4-6-17-7-5-10/h2-9H,16H2,1H3,(H,18,19). The Balaban J connectivity index is 1.80. The zero-order chi connectivity index (χ0) is 14.7. The first kappa shape index (κ1) is 13.4. The lowest BCUT2D eigenvalue weighted by molar-refractivity contribution is 0.417. The number of nitrogens with zero attached hydrogens (tertiary/aromatic N) is 2. The number of hydrogen-bond acceptors (Lipinski definition) is 6.